The van der Waals surface area contributed by atoms with E-state index in [1.54, 1.807) is 43.3 Å². The molecular weight excluding hydrogens is 342 g/mol. The molecule has 0 amide bonds. The van der Waals surface area contributed by atoms with Crippen molar-refractivity contribution in [3.8, 4) is 5.75 Å². The zero-order chi connectivity index (χ0) is 17.9. The molecule has 2 aromatic rings. The number of sulfonamides is 1. The molecule has 0 atom stereocenters. The van der Waals surface area contributed by atoms with Crippen LogP contribution in [0.15, 0.2) is 53.4 Å². The second kappa shape index (κ2) is 7.35. The van der Waals surface area contributed by atoms with E-state index in [4.69, 9.17) is 9.47 Å². The molecule has 1 heterocycles. The molecule has 3 rings (SSSR count). The van der Waals surface area contributed by atoms with Crippen molar-refractivity contribution in [3.63, 3.8) is 0 Å². The maximum Gasteiger partial charge on any atom is 0.343 e. The van der Waals surface area contributed by atoms with Gasteiger partial charge in [0.15, 0.2) is 0 Å². The average Bonchev–Trinajstić information content (AvgIpc) is 2.63. The van der Waals surface area contributed by atoms with E-state index in [-0.39, 0.29) is 10.5 Å². The zero-order valence-electron chi connectivity index (χ0n) is 13.8. The van der Waals surface area contributed by atoms with Gasteiger partial charge in [0.05, 0.1) is 23.7 Å². The maximum absolute atomic E-state index is 12.9. The summed E-state index contributed by atoms with van der Waals surface area (Å²) in [6, 6.07) is 13.2. The Bertz CT molecular complexity index is 858. The SMILES string of the molecule is Cc1ccc(C(=O)Oc2ccccc2)cc1S(=O)(=O)N1CCOCC1. The number of benzene rings is 2. The van der Waals surface area contributed by atoms with E-state index < -0.39 is 16.0 Å². The number of morpholine rings is 1. The first kappa shape index (κ1) is 17.6. The Labute approximate surface area is 147 Å². The highest BCUT2D eigenvalue weighted by atomic mass is 32.2. The first-order chi connectivity index (χ1) is 12.0. The number of hydrogen-bond acceptors (Lipinski definition) is 5. The van der Waals surface area contributed by atoms with Crippen LogP contribution in [0.3, 0.4) is 0 Å². The molecule has 0 aromatic heterocycles. The molecule has 0 bridgehead atoms. The fraction of sp³-hybridized carbons (Fsp3) is 0.278. The van der Waals surface area contributed by atoms with Crippen LogP contribution in [-0.2, 0) is 14.8 Å². The first-order valence-electron chi connectivity index (χ1n) is 7.94. The summed E-state index contributed by atoms with van der Waals surface area (Å²) >= 11 is 0. The van der Waals surface area contributed by atoms with Crippen molar-refractivity contribution in [1.29, 1.82) is 0 Å². The van der Waals surface area contributed by atoms with Gasteiger partial charge >= 0.3 is 5.97 Å². The van der Waals surface area contributed by atoms with Crippen LogP contribution in [0, 0.1) is 6.92 Å². The van der Waals surface area contributed by atoms with Crippen molar-refractivity contribution in [1.82, 2.24) is 4.31 Å². The largest absolute Gasteiger partial charge is 0.423 e. The number of rotatable bonds is 4. The lowest BCUT2D eigenvalue weighted by Gasteiger charge is -2.26. The summed E-state index contributed by atoms with van der Waals surface area (Å²) in [5, 5.41) is 0. The van der Waals surface area contributed by atoms with Crippen LogP contribution in [0.5, 0.6) is 5.75 Å². The van der Waals surface area contributed by atoms with E-state index in [1.807, 2.05) is 6.07 Å². The highest BCUT2D eigenvalue weighted by molar-refractivity contribution is 7.89. The normalized spacial score (nSPS) is 15.7. The van der Waals surface area contributed by atoms with E-state index in [0.29, 0.717) is 37.6 Å². The van der Waals surface area contributed by atoms with Crippen LogP contribution >= 0.6 is 0 Å². The van der Waals surface area contributed by atoms with Crippen LogP contribution in [0.4, 0.5) is 0 Å². The molecule has 132 valence electrons. The number of esters is 1. The summed E-state index contributed by atoms with van der Waals surface area (Å²) in [6.45, 7) is 3.06. The summed E-state index contributed by atoms with van der Waals surface area (Å²) in [4.78, 5) is 12.5. The standard InChI is InChI=1S/C18H19NO5S/c1-14-7-8-15(18(20)24-16-5-3-2-4-6-16)13-17(14)25(21,22)19-9-11-23-12-10-19/h2-8,13H,9-12H2,1H3. The Morgan fingerprint density at radius 2 is 1.76 bits per heavy atom. The number of ether oxygens (including phenoxy) is 2. The van der Waals surface area contributed by atoms with Crippen LogP contribution in [0.25, 0.3) is 0 Å². The Balaban J connectivity index is 1.88. The van der Waals surface area contributed by atoms with Gasteiger partial charge in [-0.25, -0.2) is 13.2 Å². The molecular formula is C18H19NO5S. The van der Waals surface area contributed by atoms with Crippen molar-refractivity contribution in [3.05, 3.63) is 59.7 Å². The summed E-state index contributed by atoms with van der Waals surface area (Å²) in [5.74, 6) is -0.185. The van der Waals surface area contributed by atoms with Gasteiger partial charge in [-0.1, -0.05) is 24.3 Å². The van der Waals surface area contributed by atoms with Crippen LogP contribution in [0.1, 0.15) is 15.9 Å². The second-order valence-corrected chi connectivity index (χ2v) is 7.61. The fourth-order valence-corrected chi connectivity index (χ4v) is 4.24. The second-order valence-electron chi connectivity index (χ2n) is 5.70. The third-order valence-corrected chi connectivity index (χ3v) is 6.01. The highest BCUT2D eigenvalue weighted by Gasteiger charge is 2.28. The molecule has 0 saturated carbocycles. The van der Waals surface area contributed by atoms with Gasteiger partial charge < -0.3 is 9.47 Å². The molecule has 1 aliphatic rings. The molecule has 0 unspecified atom stereocenters. The number of para-hydroxylation sites is 1. The number of aryl methyl sites for hydroxylation is 1. The Morgan fingerprint density at radius 1 is 1.08 bits per heavy atom. The molecule has 25 heavy (non-hydrogen) atoms. The third kappa shape index (κ3) is 3.89. The van der Waals surface area contributed by atoms with Gasteiger partial charge in [0.1, 0.15) is 5.75 Å². The van der Waals surface area contributed by atoms with Gasteiger partial charge in [-0.3, -0.25) is 0 Å². The van der Waals surface area contributed by atoms with Gasteiger partial charge in [-0.2, -0.15) is 4.31 Å². The van der Waals surface area contributed by atoms with Crippen molar-refractivity contribution in [2.24, 2.45) is 0 Å². The molecule has 0 spiro atoms. The van der Waals surface area contributed by atoms with Crippen molar-refractivity contribution >= 4 is 16.0 Å². The molecule has 0 radical (unpaired) electrons. The summed E-state index contributed by atoms with van der Waals surface area (Å²) in [6.07, 6.45) is 0. The lowest BCUT2D eigenvalue weighted by Crippen LogP contribution is -2.40. The van der Waals surface area contributed by atoms with E-state index in [9.17, 15) is 13.2 Å². The average molecular weight is 361 g/mol. The summed E-state index contributed by atoms with van der Waals surface area (Å²) < 4.78 is 37.6. The summed E-state index contributed by atoms with van der Waals surface area (Å²) in [7, 11) is -3.68. The summed E-state index contributed by atoms with van der Waals surface area (Å²) in [5.41, 5.74) is 0.782. The van der Waals surface area contributed by atoms with Crippen molar-refractivity contribution < 1.29 is 22.7 Å². The van der Waals surface area contributed by atoms with Gasteiger partial charge in [-0.05, 0) is 36.8 Å². The quantitative estimate of drug-likeness (QED) is 0.617. The van der Waals surface area contributed by atoms with E-state index in [1.165, 1.54) is 10.4 Å². The minimum Gasteiger partial charge on any atom is -0.423 e. The minimum absolute atomic E-state index is 0.122. The van der Waals surface area contributed by atoms with Crippen LogP contribution in [0.2, 0.25) is 0 Å². The third-order valence-electron chi connectivity index (χ3n) is 3.97. The molecule has 6 nitrogen and oxygen atoms in total. The number of carbonyl (C=O) groups excluding carboxylic acids is 1. The van der Waals surface area contributed by atoms with Crippen LogP contribution in [-0.4, -0.2) is 45.0 Å². The number of carbonyl (C=O) groups is 1. The molecule has 0 aliphatic carbocycles. The molecule has 1 saturated heterocycles. The Kier molecular flexibility index (Phi) is 5.17. The van der Waals surface area contributed by atoms with E-state index >= 15 is 0 Å². The molecule has 2 aromatic carbocycles. The van der Waals surface area contributed by atoms with Crippen LogP contribution < -0.4 is 4.74 Å². The maximum atomic E-state index is 12.9. The lowest BCUT2D eigenvalue weighted by atomic mass is 10.1. The van der Waals surface area contributed by atoms with Crippen molar-refractivity contribution in [2.45, 2.75) is 11.8 Å². The van der Waals surface area contributed by atoms with Gasteiger partial charge in [0.25, 0.3) is 0 Å². The smallest absolute Gasteiger partial charge is 0.343 e. The van der Waals surface area contributed by atoms with E-state index in [0.717, 1.165) is 0 Å². The Morgan fingerprint density at radius 3 is 2.44 bits per heavy atom. The van der Waals surface area contributed by atoms with Gasteiger partial charge in [0, 0.05) is 13.1 Å². The van der Waals surface area contributed by atoms with Crippen molar-refractivity contribution in [2.75, 3.05) is 26.3 Å². The fourth-order valence-electron chi connectivity index (χ4n) is 2.59. The topological polar surface area (TPSA) is 72.9 Å². The predicted molar refractivity (Wildman–Crippen MR) is 92.2 cm³/mol. The molecule has 7 heteroatoms. The first-order valence-corrected chi connectivity index (χ1v) is 9.38. The molecule has 1 fully saturated rings. The van der Waals surface area contributed by atoms with E-state index in [2.05, 4.69) is 0 Å². The molecule has 1 aliphatic heterocycles. The minimum atomic E-state index is -3.68. The Hall–Kier alpha value is -2.22. The molecule has 0 N–H and O–H groups in total. The zero-order valence-corrected chi connectivity index (χ0v) is 14.7. The monoisotopic (exact) mass is 361 g/mol. The lowest BCUT2D eigenvalue weighted by molar-refractivity contribution is 0.0727. The predicted octanol–water partition coefficient (Wildman–Crippen LogP) is 2.24. The van der Waals surface area contributed by atoms with Gasteiger partial charge in [0.2, 0.25) is 10.0 Å². The van der Waals surface area contributed by atoms with Gasteiger partial charge in [-0.15, -0.1) is 0 Å². The number of nitrogens with zero attached hydrogens (tertiary/aromatic N) is 1. The highest BCUT2D eigenvalue weighted by Crippen LogP contribution is 2.23. The number of hydrogen-bond donors (Lipinski definition) is 0.